The molecule has 2 aromatic rings. The molecular formula is C15H21BrN4. The van der Waals surface area contributed by atoms with E-state index in [4.69, 9.17) is 0 Å². The fourth-order valence-corrected chi connectivity index (χ4v) is 3.11. The molecule has 5 heteroatoms. The van der Waals surface area contributed by atoms with Crippen LogP contribution in [0.1, 0.15) is 41.8 Å². The molecule has 0 radical (unpaired) electrons. The molecule has 20 heavy (non-hydrogen) atoms. The molecule has 2 rings (SSSR count). The van der Waals surface area contributed by atoms with Crippen molar-refractivity contribution >= 4 is 15.9 Å². The Balaban J connectivity index is 2.53. The van der Waals surface area contributed by atoms with Crippen molar-refractivity contribution in [2.75, 3.05) is 6.54 Å². The van der Waals surface area contributed by atoms with Crippen molar-refractivity contribution in [2.24, 2.45) is 7.05 Å². The Morgan fingerprint density at radius 3 is 2.45 bits per heavy atom. The number of aryl methyl sites for hydroxylation is 3. The summed E-state index contributed by atoms with van der Waals surface area (Å²) in [6.45, 7) is 7.43. The highest BCUT2D eigenvalue weighted by Crippen LogP contribution is 2.30. The lowest BCUT2D eigenvalue weighted by molar-refractivity contribution is 0.546. The summed E-state index contributed by atoms with van der Waals surface area (Å²) in [5.74, 6) is 0. The fourth-order valence-electron chi connectivity index (χ4n) is 2.55. The number of halogens is 1. The summed E-state index contributed by atoms with van der Waals surface area (Å²) in [5, 5.41) is 11.8. The van der Waals surface area contributed by atoms with Crippen LogP contribution in [0.3, 0.4) is 0 Å². The molecule has 0 bridgehead atoms. The van der Waals surface area contributed by atoms with Gasteiger partial charge in [0.15, 0.2) is 4.60 Å². The molecule has 4 nitrogen and oxygen atoms in total. The molecule has 1 aromatic heterocycles. The molecule has 108 valence electrons. The van der Waals surface area contributed by atoms with Gasteiger partial charge in [0.1, 0.15) is 0 Å². The number of nitrogens with one attached hydrogen (secondary N) is 1. The second-order valence-electron chi connectivity index (χ2n) is 5.08. The van der Waals surface area contributed by atoms with E-state index in [1.165, 1.54) is 16.7 Å². The van der Waals surface area contributed by atoms with Crippen LogP contribution in [-0.4, -0.2) is 21.5 Å². The predicted octanol–water partition coefficient (Wildman–Crippen LogP) is 3.28. The first-order valence-electron chi connectivity index (χ1n) is 6.90. The van der Waals surface area contributed by atoms with E-state index in [2.05, 4.69) is 70.5 Å². The normalized spacial score (nSPS) is 12.7. The minimum absolute atomic E-state index is 0.102. The van der Waals surface area contributed by atoms with Crippen LogP contribution < -0.4 is 5.32 Å². The minimum atomic E-state index is 0.102. The molecule has 0 spiro atoms. The lowest BCUT2D eigenvalue weighted by atomic mass is 9.94. The average molecular weight is 337 g/mol. The summed E-state index contributed by atoms with van der Waals surface area (Å²) in [7, 11) is 1.93. The highest BCUT2D eigenvalue weighted by Gasteiger charge is 2.24. The maximum atomic E-state index is 4.12. The third-order valence-corrected chi connectivity index (χ3v) is 4.09. The summed E-state index contributed by atoms with van der Waals surface area (Å²) in [5.41, 5.74) is 4.95. The van der Waals surface area contributed by atoms with Crippen molar-refractivity contribution in [3.05, 3.63) is 45.2 Å². The van der Waals surface area contributed by atoms with Crippen molar-refractivity contribution < 1.29 is 0 Å². The van der Waals surface area contributed by atoms with Crippen molar-refractivity contribution in [3.63, 3.8) is 0 Å². The van der Waals surface area contributed by atoms with E-state index in [-0.39, 0.29) is 6.04 Å². The number of hydrogen-bond acceptors (Lipinski definition) is 3. The number of hydrogen-bond donors (Lipinski definition) is 1. The van der Waals surface area contributed by atoms with E-state index in [9.17, 15) is 0 Å². The summed E-state index contributed by atoms with van der Waals surface area (Å²) in [6.07, 6.45) is 1.09. The van der Waals surface area contributed by atoms with Crippen LogP contribution in [0.5, 0.6) is 0 Å². The smallest absolute Gasteiger partial charge is 0.153 e. The van der Waals surface area contributed by atoms with E-state index in [0.717, 1.165) is 23.3 Å². The van der Waals surface area contributed by atoms with Gasteiger partial charge >= 0.3 is 0 Å². The van der Waals surface area contributed by atoms with Gasteiger partial charge in [-0.05, 0) is 59.4 Å². The second kappa shape index (κ2) is 6.50. The van der Waals surface area contributed by atoms with E-state index in [0.29, 0.717) is 0 Å². The second-order valence-corrected chi connectivity index (χ2v) is 5.83. The van der Waals surface area contributed by atoms with Crippen molar-refractivity contribution in [1.82, 2.24) is 20.3 Å². The van der Waals surface area contributed by atoms with E-state index in [1.807, 2.05) is 11.7 Å². The molecule has 1 heterocycles. The molecule has 1 atom stereocenters. The van der Waals surface area contributed by atoms with Crippen LogP contribution in [0.25, 0.3) is 0 Å². The van der Waals surface area contributed by atoms with Crippen LogP contribution in [-0.2, 0) is 7.05 Å². The van der Waals surface area contributed by atoms with E-state index < -0.39 is 0 Å². The van der Waals surface area contributed by atoms with Crippen LogP contribution in [0.15, 0.2) is 22.8 Å². The molecule has 0 aliphatic rings. The van der Waals surface area contributed by atoms with Crippen molar-refractivity contribution in [1.29, 1.82) is 0 Å². The lowest BCUT2D eigenvalue weighted by Gasteiger charge is -2.23. The van der Waals surface area contributed by atoms with Crippen LogP contribution in [0.2, 0.25) is 0 Å². The molecule has 0 fully saturated rings. The van der Waals surface area contributed by atoms with Gasteiger partial charge in [-0.1, -0.05) is 30.3 Å². The van der Waals surface area contributed by atoms with Gasteiger partial charge < -0.3 is 5.32 Å². The lowest BCUT2D eigenvalue weighted by Crippen LogP contribution is -2.27. The highest BCUT2D eigenvalue weighted by molar-refractivity contribution is 9.10. The Bertz CT molecular complexity index is 552. The van der Waals surface area contributed by atoms with Gasteiger partial charge in [-0.15, -0.1) is 5.10 Å². The standard InChI is InChI=1S/C15H21BrN4/c1-5-9-17-13(14-15(16)18-19-20(14)4)12-10(2)7-6-8-11(12)3/h6-8,13,17H,5,9H2,1-4H3. The van der Waals surface area contributed by atoms with Gasteiger partial charge in [-0.2, -0.15) is 0 Å². The minimum Gasteiger partial charge on any atom is -0.305 e. The zero-order valence-corrected chi connectivity index (χ0v) is 14.0. The summed E-state index contributed by atoms with van der Waals surface area (Å²) < 4.78 is 2.64. The zero-order chi connectivity index (χ0) is 14.7. The number of aromatic nitrogens is 3. The van der Waals surface area contributed by atoms with Crippen LogP contribution in [0, 0.1) is 13.8 Å². The molecular weight excluding hydrogens is 316 g/mol. The third-order valence-electron chi connectivity index (χ3n) is 3.53. The molecule has 0 saturated carbocycles. The van der Waals surface area contributed by atoms with E-state index >= 15 is 0 Å². The van der Waals surface area contributed by atoms with Gasteiger partial charge in [0.25, 0.3) is 0 Å². The summed E-state index contributed by atoms with van der Waals surface area (Å²) in [4.78, 5) is 0. The van der Waals surface area contributed by atoms with Crippen LogP contribution >= 0.6 is 15.9 Å². The predicted molar refractivity (Wildman–Crippen MR) is 84.8 cm³/mol. The van der Waals surface area contributed by atoms with Gasteiger partial charge in [-0.3, -0.25) is 0 Å². The number of nitrogens with zero attached hydrogens (tertiary/aromatic N) is 3. The topological polar surface area (TPSA) is 42.7 Å². The number of rotatable bonds is 5. The fraction of sp³-hybridized carbons (Fsp3) is 0.467. The average Bonchev–Trinajstić information content (AvgIpc) is 2.73. The van der Waals surface area contributed by atoms with E-state index in [1.54, 1.807) is 0 Å². The zero-order valence-electron chi connectivity index (χ0n) is 12.4. The Morgan fingerprint density at radius 1 is 1.30 bits per heavy atom. The Labute approximate surface area is 128 Å². The van der Waals surface area contributed by atoms with Gasteiger partial charge in [0.2, 0.25) is 0 Å². The number of benzene rings is 1. The first-order valence-corrected chi connectivity index (χ1v) is 7.70. The molecule has 0 aliphatic carbocycles. The highest BCUT2D eigenvalue weighted by atomic mass is 79.9. The SMILES string of the molecule is CCCNC(c1c(C)cccc1C)c1c(Br)nnn1C. The Kier molecular flexibility index (Phi) is 4.94. The van der Waals surface area contributed by atoms with Crippen molar-refractivity contribution in [3.8, 4) is 0 Å². The Hall–Kier alpha value is -1.20. The Morgan fingerprint density at radius 2 is 1.95 bits per heavy atom. The maximum absolute atomic E-state index is 4.12. The molecule has 0 amide bonds. The van der Waals surface area contributed by atoms with Gasteiger partial charge in [0.05, 0.1) is 11.7 Å². The molecule has 0 aliphatic heterocycles. The van der Waals surface area contributed by atoms with Crippen LogP contribution in [0.4, 0.5) is 0 Å². The molecule has 1 aromatic carbocycles. The summed E-state index contributed by atoms with van der Waals surface area (Å²) in [6, 6.07) is 6.51. The first-order chi connectivity index (χ1) is 9.56. The largest absolute Gasteiger partial charge is 0.305 e. The third kappa shape index (κ3) is 2.94. The molecule has 1 N–H and O–H groups in total. The van der Waals surface area contributed by atoms with Gasteiger partial charge in [0, 0.05) is 7.05 Å². The van der Waals surface area contributed by atoms with Gasteiger partial charge in [-0.25, -0.2) is 4.68 Å². The first kappa shape index (κ1) is 15.2. The monoisotopic (exact) mass is 336 g/mol. The molecule has 0 saturated heterocycles. The maximum Gasteiger partial charge on any atom is 0.153 e. The summed E-state index contributed by atoms with van der Waals surface area (Å²) >= 11 is 3.52. The quantitative estimate of drug-likeness (QED) is 0.910. The molecule has 1 unspecified atom stereocenters. The van der Waals surface area contributed by atoms with Crippen molar-refractivity contribution in [2.45, 2.75) is 33.2 Å².